The highest BCUT2D eigenvalue weighted by molar-refractivity contribution is 5.86. The van der Waals surface area contributed by atoms with Crippen molar-refractivity contribution in [1.82, 2.24) is 0 Å². The smallest absolute Gasteiger partial charge is 0.334 e. The standard InChI is InChI=1S/C9H16O4/c1-4-13-6-5-8(12-3)7(2)9(10)11/h4-6H2,1-3H3,(H,10,11). The maximum Gasteiger partial charge on any atom is 0.334 e. The second kappa shape index (κ2) is 6.48. The summed E-state index contributed by atoms with van der Waals surface area (Å²) in [7, 11) is 1.47. The SMILES string of the molecule is CCOCCC(OC)=C(C)C(=O)O. The monoisotopic (exact) mass is 188 g/mol. The van der Waals surface area contributed by atoms with Crippen LogP contribution in [0.2, 0.25) is 0 Å². The number of hydrogen-bond acceptors (Lipinski definition) is 3. The summed E-state index contributed by atoms with van der Waals surface area (Å²) < 4.78 is 10.0. The molecule has 0 rings (SSSR count). The van der Waals surface area contributed by atoms with E-state index in [9.17, 15) is 4.79 Å². The molecule has 0 spiro atoms. The van der Waals surface area contributed by atoms with E-state index in [1.807, 2.05) is 6.92 Å². The first-order valence-corrected chi connectivity index (χ1v) is 4.18. The van der Waals surface area contributed by atoms with Gasteiger partial charge in [0.15, 0.2) is 0 Å². The number of carbonyl (C=O) groups is 1. The van der Waals surface area contributed by atoms with Crippen molar-refractivity contribution in [1.29, 1.82) is 0 Å². The van der Waals surface area contributed by atoms with E-state index in [-0.39, 0.29) is 5.57 Å². The Hall–Kier alpha value is -1.03. The van der Waals surface area contributed by atoms with E-state index >= 15 is 0 Å². The maximum absolute atomic E-state index is 10.6. The van der Waals surface area contributed by atoms with E-state index in [0.29, 0.717) is 25.4 Å². The van der Waals surface area contributed by atoms with Crippen molar-refractivity contribution < 1.29 is 19.4 Å². The van der Waals surface area contributed by atoms with Crippen LogP contribution in [0.4, 0.5) is 0 Å². The van der Waals surface area contributed by atoms with Crippen molar-refractivity contribution in [3.63, 3.8) is 0 Å². The summed E-state index contributed by atoms with van der Waals surface area (Å²) in [6.07, 6.45) is 0.502. The van der Waals surface area contributed by atoms with Gasteiger partial charge in [0.05, 0.1) is 19.3 Å². The van der Waals surface area contributed by atoms with Crippen molar-refractivity contribution in [3.05, 3.63) is 11.3 Å². The summed E-state index contributed by atoms with van der Waals surface area (Å²) in [4.78, 5) is 10.6. The molecule has 0 aliphatic rings. The molecule has 0 aliphatic carbocycles. The van der Waals surface area contributed by atoms with Crippen LogP contribution in [0.5, 0.6) is 0 Å². The highest BCUT2D eigenvalue weighted by atomic mass is 16.5. The molecule has 0 amide bonds. The molecule has 0 aromatic carbocycles. The van der Waals surface area contributed by atoms with E-state index < -0.39 is 5.97 Å². The lowest BCUT2D eigenvalue weighted by Crippen LogP contribution is -2.05. The summed E-state index contributed by atoms with van der Waals surface area (Å²) in [6.45, 7) is 4.53. The van der Waals surface area contributed by atoms with Crippen LogP contribution in [-0.2, 0) is 14.3 Å². The zero-order valence-corrected chi connectivity index (χ0v) is 8.29. The van der Waals surface area contributed by atoms with Gasteiger partial charge < -0.3 is 14.6 Å². The van der Waals surface area contributed by atoms with Crippen LogP contribution >= 0.6 is 0 Å². The molecule has 0 atom stereocenters. The fourth-order valence-electron chi connectivity index (χ4n) is 0.871. The van der Waals surface area contributed by atoms with Gasteiger partial charge in [-0.1, -0.05) is 0 Å². The largest absolute Gasteiger partial charge is 0.500 e. The molecule has 1 N–H and O–H groups in total. The lowest BCUT2D eigenvalue weighted by Gasteiger charge is -2.08. The third kappa shape index (κ3) is 4.52. The highest BCUT2D eigenvalue weighted by Crippen LogP contribution is 2.09. The fourth-order valence-corrected chi connectivity index (χ4v) is 0.871. The van der Waals surface area contributed by atoms with Gasteiger partial charge >= 0.3 is 5.97 Å². The molecule has 0 bridgehead atoms. The predicted molar refractivity (Wildman–Crippen MR) is 48.5 cm³/mol. The predicted octanol–water partition coefficient (Wildman–Crippen LogP) is 1.42. The zero-order chi connectivity index (χ0) is 10.3. The molecule has 13 heavy (non-hydrogen) atoms. The molecule has 0 aliphatic heterocycles. The number of rotatable bonds is 6. The van der Waals surface area contributed by atoms with Crippen molar-refractivity contribution >= 4 is 5.97 Å². The van der Waals surface area contributed by atoms with E-state index in [0.717, 1.165) is 0 Å². The fraction of sp³-hybridized carbons (Fsp3) is 0.667. The summed E-state index contributed by atoms with van der Waals surface area (Å²) in [6, 6.07) is 0. The Kier molecular flexibility index (Phi) is 5.97. The minimum absolute atomic E-state index is 0.238. The van der Waals surface area contributed by atoms with Crippen molar-refractivity contribution in [2.45, 2.75) is 20.3 Å². The highest BCUT2D eigenvalue weighted by Gasteiger charge is 2.09. The quantitative estimate of drug-likeness (QED) is 0.389. The molecule has 0 aromatic rings. The van der Waals surface area contributed by atoms with Gasteiger partial charge in [0, 0.05) is 13.0 Å². The first-order valence-electron chi connectivity index (χ1n) is 4.18. The van der Waals surface area contributed by atoms with E-state index in [1.54, 1.807) is 0 Å². The molecule has 0 saturated heterocycles. The topological polar surface area (TPSA) is 55.8 Å². The third-order valence-electron chi connectivity index (χ3n) is 1.66. The van der Waals surface area contributed by atoms with Crippen LogP contribution in [0.3, 0.4) is 0 Å². The molecule has 0 fully saturated rings. The summed E-state index contributed by atoms with van der Waals surface area (Å²) >= 11 is 0. The van der Waals surface area contributed by atoms with Crippen LogP contribution in [0.1, 0.15) is 20.3 Å². The molecule has 4 nitrogen and oxygen atoms in total. The van der Waals surface area contributed by atoms with Crippen molar-refractivity contribution in [2.75, 3.05) is 20.3 Å². The average molecular weight is 188 g/mol. The van der Waals surface area contributed by atoms with Gasteiger partial charge in [-0.05, 0) is 13.8 Å². The molecule has 4 heteroatoms. The average Bonchev–Trinajstić information content (AvgIpc) is 2.11. The first kappa shape index (κ1) is 12.0. The second-order valence-corrected chi connectivity index (χ2v) is 2.50. The number of carboxylic acids is 1. The molecule has 76 valence electrons. The van der Waals surface area contributed by atoms with Crippen LogP contribution < -0.4 is 0 Å². The van der Waals surface area contributed by atoms with E-state index in [2.05, 4.69) is 0 Å². The van der Waals surface area contributed by atoms with E-state index in [4.69, 9.17) is 14.6 Å². The molecule has 0 radical (unpaired) electrons. The minimum Gasteiger partial charge on any atom is -0.500 e. The summed E-state index contributed by atoms with van der Waals surface area (Å²) in [5.74, 6) is -0.478. The van der Waals surface area contributed by atoms with Crippen LogP contribution in [-0.4, -0.2) is 31.4 Å². The Bertz CT molecular complexity index is 196. The number of carboxylic acid groups (broad SMARTS) is 1. The lowest BCUT2D eigenvalue weighted by atomic mass is 10.2. The molecule has 0 heterocycles. The Labute approximate surface area is 78.2 Å². The molecule has 0 aromatic heterocycles. The van der Waals surface area contributed by atoms with Gasteiger partial charge in [-0.15, -0.1) is 0 Å². The Morgan fingerprint density at radius 1 is 1.46 bits per heavy atom. The van der Waals surface area contributed by atoms with Gasteiger partial charge in [0.1, 0.15) is 5.76 Å². The first-order chi connectivity index (χ1) is 6.13. The van der Waals surface area contributed by atoms with Gasteiger partial charge in [-0.25, -0.2) is 4.79 Å². The number of ether oxygens (including phenoxy) is 2. The Balaban J connectivity index is 4.15. The molecule has 0 unspecified atom stereocenters. The zero-order valence-electron chi connectivity index (χ0n) is 8.29. The van der Waals surface area contributed by atoms with Crippen molar-refractivity contribution in [3.8, 4) is 0 Å². The van der Waals surface area contributed by atoms with Crippen LogP contribution in [0, 0.1) is 0 Å². The Morgan fingerprint density at radius 3 is 2.46 bits per heavy atom. The van der Waals surface area contributed by atoms with Gasteiger partial charge in [0.25, 0.3) is 0 Å². The van der Waals surface area contributed by atoms with Gasteiger partial charge in [-0.3, -0.25) is 0 Å². The molecule has 0 saturated carbocycles. The number of aliphatic carboxylic acids is 1. The third-order valence-corrected chi connectivity index (χ3v) is 1.66. The second-order valence-electron chi connectivity index (χ2n) is 2.50. The maximum atomic E-state index is 10.6. The Morgan fingerprint density at radius 2 is 2.08 bits per heavy atom. The number of hydrogen-bond donors (Lipinski definition) is 1. The van der Waals surface area contributed by atoms with Crippen molar-refractivity contribution in [2.24, 2.45) is 0 Å². The number of methoxy groups -OCH3 is 1. The van der Waals surface area contributed by atoms with Crippen LogP contribution in [0.15, 0.2) is 11.3 Å². The van der Waals surface area contributed by atoms with Gasteiger partial charge in [0.2, 0.25) is 0 Å². The minimum atomic E-state index is -0.951. The summed E-state index contributed by atoms with van der Waals surface area (Å²) in [5, 5.41) is 8.66. The van der Waals surface area contributed by atoms with Crippen LogP contribution in [0.25, 0.3) is 0 Å². The van der Waals surface area contributed by atoms with E-state index in [1.165, 1.54) is 14.0 Å². The molecular formula is C9H16O4. The lowest BCUT2D eigenvalue weighted by molar-refractivity contribution is -0.132. The molecular weight excluding hydrogens is 172 g/mol. The summed E-state index contributed by atoms with van der Waals surface area (Å²) in [5.41, 5.74) is 0.238. The normalized spacial score (nSPS) is 12.2. The van der Waals surface area contributed by atoms with Gasteiger partial charge in [-0.2, -0.15) is 0 Å².